The van der Waals surface area contributed by atoms with Crippen molar-refractivity contribution in [1.29, 1.82) is 0 Å². The Morgan fingerprint density at radius 3 is 2.58 bits per heavy atom. The van der Waals surface area contributed by atoms with Crippen LogP contribution < -0.4 is 5.32 Å². The van der Waals surface area contributed by atoms with Crippen LogP contribution in [0.3, 0.4) is 0 Å². The number of carbonyl (C=O) groups is 1. The summed E-state index contributed by atoms with van der Waals surface area (Å²) < 4.78 is 6.12. The van der Waals surface area contributed by atoms with Crippen molar-refractivity contribution in [2.45, 2.75) is 56.5 Å². The van der Waals surface area contributed by atoms with Gasteiger partial charge in [-0.1, -0.05) is 43.9 Å². The molecule has 0 aliphatic carbocycles. The fraction of sp³-hybridized carbons (Fsp3) is 0.650. The Morgan fingerprint density at radius 1 is 1.08 bits per heavy atom. The van der Waals surface area contributed by atoms with Crippen LogP contribution in [0.4, 0.5) is 5.69 Å². The van der Waals surface area contributed by atoms with Gasteiger partial charge in [-0.2, -0.15) is 0 Å². The number of carbonyl (C=O) groups excluding carboxylic acids is 1. The van der Waals surface area contributed by atoms with Gasteiger partial charge in [0.25, 0.3) is 0 Å². The minimum Gasteiger partial charge on any atom is -0.375 e. The number of nitrogens with zero attached hydrogens (tertiary/aromatic N) is 1. The smallest absolute Gasteiger partial charge is 0.237 e. The molecule has 0 bridgehead atoms. The molecule has 24 heavy (non-hydrogen) atoms. The monoisotopic (exact) mass is 328 g/mol. The van der Waals surface area contributed by atoms with E-state index in [0.29, 0.717) is 6.61 Å². The first kappa shape index (κ1) is 16.1. The number of hydrogen-bond acceptors (Lipinski definition) is 3. The van der Waals surface area contributed by atoms with Crippen molar-refractivity contribution in [1.82, 2.24) is 4.90 Å². The summed E-state index contributed by atoms with van der Waals surface area (Å²) >= 11 is 0. The Morgan fingerprint density at radius 2 is 1.79 bits per heavy atom. The van der Waals surface area contributed by atoms with Gasteiger partial charge in [0.1, 0.15) is 5.41 Å². The van der Waals surface area contributed by atoms with Gasteiger partial charge in [0.2, 0.25) is 5.91 Å². The highest BCUT2D eigenvalue weighted by Gasteiger charge is 2.52. The molecular weight excluding hydrogens is 300 g/mol. The molecule has 4 nitrogen and oxygen atoms in total. The average Bonchev–Trinajstić information content (AvgIpc) is 3.16. The van der Waals surface area contributed by atoms with Gasteiger partial charge in [-0.3, -0.25) is 4.79 Å². The molecule has 0 radical (unpaired) electrons. The van der Waals surface area contributed by atoms with E-state index in [1.165, 1.54) is 51.6 Å². The van der Waals surface area contributed by atoms with Gasteiger partial charge in [-0.05, 0) is 44.0 Å². The molecule has 0 saturated carbocycles. The lowest BCUT2D eigenvalue weighted by Gasteiger charge is -2.25. The number of nitrogens with one attached hydrogen (secondary N) is 1. The number of anilines is 1. The van der Waals surface area contributed by atoms with Gasteiger partial charge < -0.3 is 15.0 Å². The number of benzene rings is 1. The molecule has 2 fully saturated rings. The van der Waals surface area contributed by atoms with Crippen LogP contribution in [0.2, 0.25) is 0 Å². The number of hydrogen-bond donors (Lipinski definition) is 1. The van der Waals surface area contributed by atoms with E-state index in [1.807, 2.05) is 18.2 Å². The van der Waals surface area contributed by atoms with Gasteiger partial charge in [-0.25, -0.2) is 0 Å². The van der Waals surface area contributed by atoms with E-state index in [1.54, 1.807) is 0 Å². The maximum absolute atomic E-state index is 12.6. The van der Waals surface area contributed by atoms with E-state index in [0.717, 1.165) is 24.2 Å². The molecule has 4 rings (SSSR count). The van der Waals surface area contributed by atoms with Crippen LogP contribution in [0.25, 0.3) is 0 Å². The third kappa shape index (κ3) is 2.98. The second kappa shape index (κ2) is 6.85. The maximum Gasteiger partial charge on any atom is 0.237 e. The molecule has 3 heterocycles. The summed E-state index contributed by atoms with van der Waals surface area (Å²) in [6.45, 7) is 3.84. The van der Waals surface area contributed by atoms with Crippen molar-refractivity contribution >= 4 is 11.6 Å². The van der Waals surface area contributed by atoms with Crippen molar-refractivity contribution in [3.63, 3.8) is 0 Å². The highest BCUT2D eigenvalue weighted by atomic mass is 16.5. The first-order valence-electron chi connectivity index (χ1n) is 9.53. The first-order chi connectivity index (χ1) is 11.8. The lowest BCUT2D eigenvalue weighted by Crippen LogP contribution is -2.37. The van der Waals surface area contributed by atoms with Crippen molar-refractivity contribution in [2.75, 3.05) is 31.6 Å². The van der Waals surface area contributed by atoms with Gasteiger partial charge in [0.15, 0.2) is 0 Å². The zero-order chi connectivity index (χ0) is 16.4. The number of amides is 1. The highest BCUT2D eigenvalue weighted by Crippen LogP contribution is 2.45. The number of para-hydroxylation sites is 1. The maximum atomic E-state index is 12.6. The molecule has 1 aromatic rings. The van der Waals surface area contributed by atoms with E-state index in [4.69, 9.17) is 4.74 Å². The normalized spacial score (nSPS) is 31.3. The molecule has 1 N–H and O–H groups in total. The predicted molar refractivity (Wildman–Crippen MR) is 95.2 cm³/mol. The van der Waals surface area contributed by atoms with Crippen LogP contribution in [-0.2, 0) is 14.9 Å². The van der Waals surface area contributed by atoms with Crippen LogP contribution in [0.1, 0.15) is 50.5 Å². The lowest BCUT2D eigenvalue weighted by atomic mass is 9.79. The Kier molecular flexibility index (Phi) is 4.59. The Labute approximate surface area is 144 Å². The average molecular weight is 328 g/mol. The Hall–Kier alpha value is -1.39. The summed E-state index contributed by atoms with van der Waals surface area (Å²) in [4.78, 5) is 15.2. The lowest BCUT2D eigenvalue weighted by molar-refractivity contribution is -0.120. The van der Waals surface area contributed by atoms with E-state index in [9.17, 15) is 4.79 Å². The Balaban J connectivity index is 1.43. The summed E-state index contributed by atoms with van der Waals surface area (Å²) in [6.07, 6.45) is 9.03. The van der Waals surface area contributed by atoms with Gasteiger partial charge in [0, 0.05) is 12.2 Å². The molecule has 4 heteroatoms. The van der Waals surface area contributed by atoms with Crippen molar-refractivity contribution < 1.29 is 9.53 Å². The van der Waals surface area contributed by atoms with Gasteiger partial charge in [-0.15, -0.1) is 0 Å². The van der Waals surface area contributed by atoms with E-state index >= 15 is 0 Å². The standard InChI is InChI=1S/C20H28N2O2/c23-19-20(17-9-5-6-10-18(17)21-19)13-16(24-15-20)14-22-11-7-3-1-2-4-8-12-22/h5-6,9-10,16H,1-4,7-8,11-15H2,(H,21,23). The SMILES string of the molecule is O=C1Nc2ccccc2C12COC(CN1CCCCCCCC1)C2. The molecular formula is C20H28N2O2. The first-order valence-corrected chi connectivity index (χ1v) is 9.53. The van der Waals surface area contributed by atoms with Gasteiger partial charge >= 0.3 is 0 Å². The van der Waals surface area contributed by atoms with Crippen molar-refractivity contribution in [3.05, 3.63) is 29.8 Å². The third-order valence-corrected chi connectivity index (χ3v) is 5.93. The summed E-state index contributed by atoms with van der Waals surface area (Å²) in [5, 5.41) is 3.05. The van der Waals surface area contributed by atoms with Crippen LogP contribution >= 0.6 is 0 Å². The summed E-state index contributed by atoms with van der Waals surface area (Å²) in [7, 11) is 0. The quantitative estimate of drug-likeness (QED) is 0.905. The fourth-order valence-corrected chi connectivity index (χ4v) is 4.56. The van der Waals surface area contributed by atoms with E-state index in [-0.39, 0.29) is 12.0 Å². The minimum atomic E-state index is -0.457. The molecule has 1 spiro atoms. The van der Waals surface area contributed by atoms with Gasteiger partial charge in [0.05, 0.1) is 12.7 Å². The molecule has 3 aliphatic heterocycles. The zero-order valence-corrected chi connectivity index (χ0v) is 14.4. The number of ether oxygens (including phenoxy) is 1. The summed E-state index contributed by atoms with van der Waals surface area (Å²) in [6, 6.07) is 8.08. The summed E-state index contributed by atoms with van der Waals surface area (Å²) in [5.41, 5.74) is 1.64. The fourth-order valence-electron chi connectivity index (χ4n) is 4.56. The molecule has 1 amide bonds. The molecule has 2 atom stereocenters. The van der Waals surface area contributed by atoms with Crippen molar-refractivity contribution in [2.24, 2.45) is 0 Å². The van der Waals surface area contributed by atoms with Crippen LogP contribution in [0.5, 0.6) is 0 Å². The highest BCUT2D eigenvalue weighted by molar-refractivity contribution is 6.06. The number of fused-ring (bicyclic) bond motifs is 2. The molecule has 2 saturated heterocycles. The van der Waals surface area contributed by atoms with E-state index in [2.05, 4.69) is 16.3 Å². The third-order valence-electron chi connectivity index (χ3n) is 5.93. The topological polar surface area (TPSA) is 41.6 Å². The van der Waals surface area contributed by atoms with Crippen LogP contribution in [-0.4, -0.2) is 43.2 Å². The van der Waals surface area contributed by atoms with Crippen molar-refractivity contribution in [3.8, 4) is 0 Å². The molecule has 3 aliphatic rings. The second-order valence-corrected chi connectivity index (χ2v) is 7.64. The van der Waals surface area contributed by atoms with Crippen LogP contribution in [0, 0.1) is 0 Å². The van der Waals surface area contributed by atoms with E-state index < -0.39 is 5.41 Å². The number of rotatable bonds is 2. The molecule has 130 valence electrons. The van der Waals surface area contributed by atoms with Crippen LogP contribution in [0.15, 0.2) is 24.3 Å². The Bertz CT molecular complexity index is 593. The predicted octanol–water partition coefficient (Wildman–Crippen LogP) is 3.32. The molecule has 2 unspecified atom stereocenters. The summed E-state index contributed by atoms with van der Waals surface area (Å²) in [5.74, 6) is 0.121. The second-order valence-electron chi connectivity index (χ2n) is 7.64. The molecule has 0 aromatic heterocycles. The zero-order valence-electron chi connectivity index (χ0n) is 14.4. The molecule has 1 aromatic carbocycles. The largest absolute Gasteiger partial charge is 0.375 e. The minimum absolute atomic E-state index is 0.121.